The van der Waals surface area contributed by atoms with Gasteiger partial charge in [0.2, 0.25) is 0 Å². The Morgan fingerprint density at radius 1 is 1.00 bits per heavy atom. The van der Waals surface area contributed by atoms with Gasteiger partial charge in [-0.3, -0.25) is 19.3 Å². The summed E-state index contributed by atoms with van der Waals surface area (Å²) in [6.07, 6.45) is 6.92. The van der Waals surface area contributed by atoms with Crippen LogP contribution in [0.5, 0.6) is 0 Å². The van der Waals surface area contributed by atoms with E-state index in [1.165, 1.54) is 17.1 Å². The minimum Gasteiger partial charge on any atom is -0.352 e. The molecule has 3 rings (SSSR count). The smallest absolute Gasteiger partial charge is 0.253 e. The van der Waals surface area contributed by atoms with Crippen molar-refractivity contribution < 1.29 is 14.4 Å². The summed E-state index contributed by atoms with van der Waals surface area (Å²) in [5.41, 5.74) is 2.84. The molecule has 0 spiro atoms. The molecule has 0 saturated heterocycles. The zero-order valence-corrected chi connectivity index (χ0v) is 12.7. The summed E-state index contributed by atoms with van der Waals surface area (Å²) in [7, 11) is 0. The molecule has 0 unspecified atom stereocenters. The molecule has 0 saturated carbocycles. The maximum atomic E-state index is 12.0. The summed E-state index contributed by atoms with van der Waals surface area (Å²) in [5, 5.41) is 2.90. The third kappa shape index (κ3) is 3.23. The Morgan fingerprint density at radius 3 is 2.48 bits per heavy atom. The van der Waals surface area contributed by atoms with Crippen LogP contribution in [0.3, 0.4) is 0 Å². The van der Waals surface area contributed by atoms with Crippen molar-refractivity contribution in [3.8, 4) is 0 Å². The second kappa shape index (κ2) is 6.60. The van der Waals surface area contributed by atoms with Crippen LogP contribution in [0, 0.1) is 0 Å². The summed E-state index contributed by atoms with van der Waals surface area (Å²) in [6.45, 7) is 1.04. The van der Waals surface area contributed by atoms with Gasteiger partial charge in [0.05, 0.1) is 0 Å². The van der Waals surface area contributed by atoms with Gasteiger partial charge in [0.25, 0.3) is 17.7 Å². The van der Waals surface area contributed by atoms with E-state index in [9.17, 15) is 14.4 Å². The number of nitrogens with zero attached hydrogens (tertiary/aromatic N) is 1. The molecule has 118 valence electrons. The van der Waals surface area contributed by atoms with Gasteiger partial charge >= 0.3 is 0 Å². The van der Waals surface area contributed by atoms with Gasteiger partial charge in [-0.15, -0.1) is 0 Å². The number of unbranched alkanes of at least 4 members (excludes halogenated alkanes) is 2. The van der Waals surface area contributed by atoms with E-state index in [0.29, 0.717) is 13.1 Å². The van der Waals surface area contributed by atoms with Gasteiger partial charge in [-0.1, -0.05) is 24.3 Å². The van der Waals surface area contributed by atoms with Crippen molar-refractivity contribution in [1.29, 1.82) is 0 Å². The molecule has 1 aliphatic carbocycles. The second-order valence-electron chi connectivity index (χ2n) is 5.62. The fourth-order valence-electron chi connectivity index (χ4n) is 2.73. The van der Waals surface area contributed by atoms with Crippen LogP contribution < -0.4 is 5.32 Å². The molecular weight excluding hydrogens is 292 g/mol. The molecule has 0 fully saturated rings. The number of imide groups is 1. The second-order valence-corrected chi connectivity index (χ2v) is 5.62. The number of hydrogen-bond donors (Lipinski definition) is 1. The third-order valence-electron chi connectivity index (χ3n) is 4.04. The summed E-state index contributed by atoms with van der Waals surface area (Å²) >= 11 is 0. The van der Waals surface area contributed by atoms with E-state index >= 15 is 0 Å². The van der Waals surface area contributed by atoms with Gasteiger partial charge in [-0.2, -0.15) is 0 Å². The lowest BCUT2D eigenvalue weighted by molar-refractivity contribution is -0.136. The number of nitrogens with one attached hydrogen (secondary N) is 1. The van der Waals surface area contributed by atoms with Crippen molar-refractivity contribution in [2.75, 3.05) is 13.1 Å². The zero-order chi connectivity index (χ0) is 16.2. The fourth-order valence-corrected chi connectivity index (χ4v) is 2.73. The molecule has 0 bridgehead atoms. The number of amides is 3. The molecule has 0 radical (unpaired) electrons. The highest BCUT2D eigenvalue weighted by atomic mass is 16.2. The number of rotatable bonds is 7. The summed E-state index contributed by atoms with van der Waals surface area (Å²) in [4.78, 5) is 36.0. The number of carbonyl (C=O) groups excluding carboxylic acids is 3. The normalized spacial score (nSPS) is 15.3. The van der Waals surface area contributed by atoms with Crippen molar-refractivity contribution in [1.82, 2.24) is 10.2 Å². The minimum absolute atomic E-state index is 0.0437. The van der Waals surface area contributed by atoms with Crippen molar-refractivity contribution in [3.63, 3.8) is 0 Å². The lowest BCUT2D eigenvalue weighted by atomic mass is 9.88. The zero-order valence-electron chi connectivity index (χ0n) is 12.7. The Balaban J connectivity index is 1.31. The molecule has 3 amide bonds. The molecular formula is C18H18N2O3. The Morgan fingerprint density at radius 2 is 1.74 bits per heavy atom. The highest BCUT2D eigenvalue weighted by Crippen LogP contribution is 2.31. The van der Waals surface area contributed by atoms with Gasteiger partial charge in [0, 0.05) is 30.8 Å². The first kappa shape index (κ1) is 15.2. The quantitative estimate of drug-likeness (QED) is 0.616. The van der Waals surface area contributed by atoms with E-state index in [0.717, 1.165) is 36.0 Å². The van der Waals surface area contributed by atoms with E-state index in [1.54, 1.807) is 0 Å². The van der Waals surface area contributed by atoms with Gasteiger partial charge < -0.3 is 5.32 Å². The van der Waals surface area contributed by atoms with E-state index in [2.05, 4.69) is 5.32 Å². The lowest BCUT2D eigenvalue weighted by Crippen LogP contribution is -2.31. The number of fused-ring (bicyclic) bond motifs is 1. The van der Waals surface area contributed by atoms with Crippen LogP contribution in [0.4, 0.5) is 0 Å². The average molecular weight is 310 g/mol. The summed E-state index contributed by atoms with van der Waals surface area (Å²) < 4.78 is 0. The van der Waals surface area contributed by atoms with Gasteiger partial charge in [-0.05, 0) is 36.5 Å². The van der Waals surface area contributed by atoms with E-state index in [1.807, 2.05) is 30.3 Å². The Kier molecular flexibility index (Phi) is 4.37. The Hall–Kier alpha value is -2.69. The molecule has 1 aliphatic heterocycles. The molecule has 1 aromatic rings. The maximum absolute atomic E-state index is 12.0. The standard InChI is InChI=1S/C18H18N2O3/c21-16-8-9-17(22)20(16)11-5-1-4-10-19-18(23)15-12-13-6-2-3-7-14(13)15/h2-3,6-9,12H,1,4-5,10-11H2,(H,19,23). The van der Waals surface area contributed by atoms with Gasteiger partial charge in [-0.25, -0.2) is 0 Å². The summed E-state index contributed by atoms with van der Waals surface area (Å²) in [5.74, 6) is -0.518. The Bertz CT molecular complexity index is 701. The van der Waals surface area contributed by atoms with E-state index < -0.39 is 0 Å². The monoisotopic (exact) mass is 310 g/mol. The minimum atomic E-state index is -0.237. The molecule has 5 nitrogen and oxygen atoms in total. The predicted octanol–water partition coefficient (Wildman–Crippen LogP) is 1.75. The molecule has 1 heterocycles. The molecule has 23 heavy (non-hydrogen) atoms. The first-order chi connectivity index (χ1) is 11.2. The van der Waals surface area contributed by atoms with Crippen LogP contribution in [0.15, 0.2) is 36.4 Å². The third-order valence-corrected chi connectivity index (χ3v) is 4.04. The van der Waals surface area contributed by atoms with Gasteiger partial charge in [0.15, 0.2) is 0 Å². The molecule has 1 aromatic carbocycles. The van der Waals surface area contributed by atoms with Crippen LogP contribution in [0.25, 0.3) is 11.6 Å². The number of hydrogen-bond acceptors (Lipinski definition) is 3. The average Bonchev–Trinajstić information content (AvgIpc) is 2.83. The first-order valence-electron chi connectivity index (χ1n) is 7.79. The molecule has 0 atom stereocenters. The van der Waals surface area contributed by atoms with Crippen LogP contribution in [0.2, 0.25) is 0 Å². The highest BCUT2D eigenvalue weighted by Gasteiger charge is 2.22. The maximum Gasteiger partial charge on any atom is 0.253 e. The van der Waals surface area contributed by atoms with Crippen molar-refractivity contribution >= 4 is 29.4 Å². The van der Waals surface area contributed by atoms with Crippen molar-refractivity contribution in [2.24, 2.45) is 0 Å². The number of benzene rings is 1. The fraction of sp³-hybridized carbons (Fsp3) is 0.278. The van der Waals surface area contributed by atoms with Crippen molar-refractivity contribution in [3.05, 3.63) is 47.5 Å². The van der Waals surface area contributed by atoms with E-state index in [4.69, 9.17) is 0 Å². The summed E-state index contributed by atoms with van der Waals surface area (Å²) in [6, 6.07) is 7.81. The molecule has 1 N–H and O–H groups in total. The van der Waals surface area contributed by atoms with E-state index in [-0.39, 0.29) is 17.7 Å². The van der Waals surface area contributed by atoms with Crippen LogP contribution in [0.1, 0.15) is 30.4 Å². The number of carbonyl (C=O) groups is 3. The predicted molar refractivity (Wildman–Crippen MR) is 87.0 cm³/mol. The van der Waals surface area contributed by atoms with Crippen molar-refractivity contribution in [2.45, 2.75) is 19.3 Å². The topological polar surface area (TPSA) is 66.5 Å². The lowest BCUT2D eigenvalue weighted by Gasteiger charge is -2.19. The van der Waals surface area contributed by atoms with Crippen LogP contribution in [-0.2, 0) is 14.4 Å². The first-order valence-corrected chi connectivity index (χ1v) is 7.79. The largest absolute Gasteiger partial charge is 0.352 e. The van der Waals surface area contributed by atoms with Gasteiger partial charge in [0.1, 0.15) is 0 Å². The SMILES string of the molecule is O=C(NCCCCCN1C(=O)C=CC1=O)C1=Cc2ccccc21. The molecule has 0 aromatic heterocycles. The Labute approximate surface area is 134 Å². The molecule has 2 aliphatic rings. The molecule has 5 heteroatoms. The highest BCUT2D eigenvalue weighted by molar-refractivity contribution is 6.29. The van der Waals surface area contributed by atoms with Crippen LogP contribution in [-0.4, -0.2) is 35.7 Å². The van der Waals surface area contributed by atoms with Crippen LogP contribution >= 0.6 is 0 Å².